The highest BCUT2D eigenvalue weighted by atomic mass is 32.1. The summed E-state index contributed by atoms with van der Waals surface area (Å²) in [4.78, 5) is 4.64. The molecule has 0 bridgehead atoms. The average Bonchev–Trinajstić information content (AvgIpc) is 3.16. The molecule has 130 valence electrons. The Hall–Kier alpha value is -2.97. The lowest BCUT2D eigenvalue weighted by molar-refractivity contribution is 1.35. The van der Waals surface area contributed by atoms with Gasteiger partial charge in [0.15, 0.2) is 0 Å². The van der Waals surface area contributed by atoms with Gasteiger partial charge in [0.2, 0.25) is 0 Å². The predicted molar refractivity (Wildman–Crippen MR) is 117 cm³/mol. The number of fused-ring (bicyclic) bond motifs is 3. The minimum atomic E-state index is -2.24. The molecule has 2 aromatic heterocycles. The van der Waals surface area contributed by atoms with Crippen LogP contribution in [0.25, 0.3) is 42.6 Å². The number of benzene rings is 3. The van der Waals surface area contributed by atoms with Gasteiger partial charge in [-0.05, 0) is 48.1 Å². The van der Waals surface area contributed by atoms with Crippen molar-refractivity contribution < 1.29 is 8.22 Å². The van der Waals surface area contributed by atoms with E-state index >= 15 is 0 Å². The SMILES string of the molecule is [2H]C([2H])([2H])c1ccc(-c2cc3sc4c(C([2H])([2H])[2H])cccc4c3cn2)cc1-c1ccccc1. The highest BCUT2D eigenvalue weighted by Gasteiger charge is 2.10. The van der Waals surface area contributed by atoms with Gasteiger partial charge in [0, 0.05) is 40.2 Å². The largest absolute Gasteiger partial charge is 0.256 e. The molecule has 3 aromatic carbocycles. The Morgan fingerprint density at radius 2 is 1.67 bits per heavy atom. The zero-order valence-corrected chi connectivity index (χ0v) is 15.2. The lowest BCUT2D eigenvalue weighted by atomic mass is 9.97. The molecule has 0 fully saturated rings. The van der Waals surface area contributed by atoms with Gasteiger partial charge in [-0.3, -0.25) is 4.98 Å². The van der Waals surface area contributed by atoms with Gasteiger partial charge in [-0.1, -0.05) is 60.7 Å². The highest BCUT2D eigenvalue weighted by Crippen LogP contribution is 2.37. The number of hydrogen-bond acceptors (Lipinski definition) is 2. The topological polar surface area (TPSA) is 12.9 Å². The summed E-state index contributed by atoms with van der Waals surface area (Å²) >= 11 is 1.44. The summed E-state index contributed by atoms with van der Waals surface area (Å²) in [7, 11) is 0. The fourth-order valence-electron chi connectivity index (χ4n) is 3.41. The summed E-state index contributed by atoms with van der Waals surface area (Å²) in [6.07, 6.45) is 1.77. The first-order valence-electron chi connectivity index (χ1n) is 11.6. The van der Waals surface area contributed by atoms with Crippen molar-refractivity contribution in [3.05, 3.63) is 90.1 Å². The van der Waals surface area contributed by atoms with Crippen LogP contribution in [-0.2, 0) is 0 Å². The number of thiophene rings is 1. The van der Waals surface area contributed by atoms with Gasteiger partial charge in [-0.15, -0.1) is 11.3 Å². The van der Waals surface area contributed by atoms with Crippen molar-refractivity contribution in [1.82, 2.24) is 4.98 Å². The summed E-state index contributed by atoms with van der Waals surface area (Å²) in [5.74, 6) is 0. The van der Waals surface area contributed by atoms with Gasteiger partial charge in [-0.2, -0.15) is 0 Å². The third kappa shape index (κ3) is 2.73. The van der Waals surface area contributed by atoms with Crippen LogP contribution >= 0.6 is 11.3 Å². The molecule has 0 N–H and O–H groups in total. The monoisotopic (exact) mass is 371 g/mol. The Balaban J connectivity index is 1.69. The minimum absolute atomic E-state index is 0.294. The molecule has 0 unspecified atom stereocenters. The molecular formula is C25H19NS. The highest BCUT2D eigenvalue weighted by molar-refractivity contribution is 7.26. The Morgan fingerprint density at radius 1 is 0.778 bits per heavy atom. The molecule has 27 heavy (non-hydrogen) atoms. The van der Waals surface area contributed by atoms with Gasteiger partial charge in [0.05, 0.1) is 5.69 Å². The molecule has 0 radical (unpaired) electrons. The molecule has 0 amide bonds. The summed E-state index contributed by atoms with van der Waals surface area (Å²) in [6.45, 7) is -4.43. The third-order valence-corrected chi connectivity index (χ3v) is 5.98. The Morgan fingerprint density at radius 3 is 2.52 bits per heavy atom. The van der Waals surface area contributed by atoms with Crippen molar-refractivity contribution in [3.63, 3.8) is 0 Å². The predicted octanol–water partition coefficient (Wildman–Crippen LogP) is 7.40. The quantitative estimate of drug-likeness (QED) is 0.315. The number of rotatable bonds is 2. The van der Waals surface area contributed by atoms with E-state index in [0.717, 1.165) is 31.3 Å². The molecule has 0 saturated heterocycles. The fourth-order valence-corrected chi connectivity index (χ4v) is 4.54. The van der Waals surface area contributed by atoms with Gasteiger partial charge in [0.25, 0.3) is 0 Å². The van der Waals surface area contributed by atoms with Crippen LogP contribution in [0, 0.1) is 13.7 Å². The van der Waals surface area contributed by atoms with Crippen molar-refractivity contribution in [1.29, 1.82) is 0 Å². The smallest absolute Gasteiger partial charge is 0.0716 e. The number of pyridine rings is 1. The second-order valence-corrected chi connectivity index (χ2v) is 7.53. The van der Waals surface area contributed by atoms with Crippen LogP contribution in [0.5, 0.6) is 0 Å². The Kier molecular flexibility index (Phi) is 2.58. The molecule has 0 aliphatic rings. The Labute approximate surface area is 171 Å². The standard InChI is InChI=1S/C25H19NS/c1-16-11-12-19(13-21(16)18-8-4-3-5-9-18)23-14-24-22(15-26-23)20-10-6-7-17(2)25(20)27-24/h3-15H,1-2H3/i1D3,2D3. The van der Waals surface area contributed by atoms with Crippen LogP contribution in [0.2, 0.25) is 0 Å². The normalized spacial score (nSPS) is 15.6. The van der Waals surface area contributed by atoms with E-state index in [2.05, 4.69) is 4.98 Å². The van der Waals surface area contributed by atoms with E-state index in [9.17, 15) is 0 Å². The van der Waals surface area contributed by atoms with E-state index in [-0.39, 0.29) is 0 Å². The summed E-state index contributed by atoms with van der Waals surface area (Å²) in [5.41, 5.74) is 3.63. The van der Waals surface area contributed by atoms with Gasteiger partial charge >= 0.3 is 0 Å². The molecule has 0 atom stereocenters. The summed E-state index contributed by atoms with van der Waals surface area (Å²) in [6, 6.07) is 22.0. The first-order chi connectivity index (χ1) is 15.6. The van der Waals surface area contributed by atoms with E-state index in [1.54, 1.807) is 30.5 Å². The van der Waals surface area contributed by atoms with Crippen LogP contribution in [0.15, 0.2) is 79.0 Å². The maximum Gasteiger partial charge on any atom is 0.0716 e. The molecule has 2 heteroatoms. The molecule has 0 saturated carbocycles. The summed E-state index contributed by atoms with van der Waals surface area (Å²) < 4.78 is 49.1. The molecule has 2 heterocycles. The van der Waals surface area contributed by atoms with E-state index < -0.39 is 13.7 Å². The van der Waals surface area contributed by atoms with E-state index in [1.165, 1.54) is 11.3 Å². The molecular weight excluding hydrogens is 346 g/mol. The van der Waals surface area contributed by atoms with E-state index in [0.29, 0.717) is 22.4 Å². The van der Waals surface area contributed by atoms with Gasteiger partial charge in [-0.25, -0.2) is 0 Å². The summed E-state index contributed by atoms with van der Waals surface area (Å²) in [5, 5.41) is 1.79. The zero-order valence-electron chi connectivity index (χ0n) is 20.4. The molecule has 0 aliphatic heterocycles. The second-order valence-electron chi connectivity index (χ2n) is 6.48. The first kappa shape index (κ1) is 11.0. The van der Waals surface area contributed by atoms with E-state index in [1.807, 2.05) is 48.5 Å². The average molecular weight is 372 g/mol. The fraction of sp³-hybridized carbons (Fsp3) is 0.0800. The zero-order chi connectivity index (χ0) is 23.4. The second kappa shape index (κ2) is 6.33. The van der Waals surface area contributed by atoms with Gasteiger partial charge < -0.3 is 0 Å². The van der Waals surface area contributed by atoms with Crippen LogP contribution in [0.3, 0.4) is 0 Å². The van der Waals surface area contributed by atoms with Crippen LogP contribution in [-0.4, -0.2) is 4.98 Å². The maximum absolute atomic E-state index is 7.95. The van der Waals surface area contributed by atoms with Crippen LogP contribution in [0.1, 0.15) is 19.4 Å². The molecule has 0 aliphatic carbocycles. The first-order valence-corrected chi connectivity index (χ1v) is 9.47. The molecule has 5 aromatic rings. The minimum Gasteiger partial charge on any atom is -0.256 e. The van der Waals surface area contributed by atoms with Crippen LogP contribution in [0.4, 0.5) is 0 Å². The Bertz CT molecular complexity index is 1480. The molecule has 1 nitrogen and oxygen atoms in total. The number of hydrogen-bond donors (Lipinski definition) is 0. The molecule has 0 spiro atoms. The number of aryl methyl sites for hydroxylation is 2. The van der Waals surface area contributed by atoms with Gasteiger partial charge in [0.1, 0.15) is 0 Å². The number of nitrogens with zero attached hydrogens (tertiary/aromatic N) is 1. The lowest BCUT2D eigenvalue weighted by Crippen LogP contribution is -1.87. The third-order valence-electron chi connectivity index (χ3n) is 4.78. The van der Waals surface area contributed by atoms with Crippen molar-refractivity contribution in [2.45, 2.75) is 13.7 Å². The molecule has 5 rings (SSSR count). The van der Waals surface area contributed by atoms with Crippen LogP contribution < -0.4 is 0 Å². The van der Waals surface area contributed by atoms with Crippen molar-refractivity contribution in [2.75, 3.05) is 0 Å². The lowest BCUT2D eigenvalue weighted by Gasteiger charge is -2.09. The number of aromatic nitrogens is 1. The van der Waals surface area contributed by atoms with Crippen molar-refractivity contribution in [2.24, 2.45) is 0 Å². The maximum atomic E-state index is 7.95. The van der Waals surface area contributed by atoms with Crippen molar-refractivity contribution in [3.8, 4) is 22.4 Å². The van der Waals surface area contributed by atoms with E-state index in [4.69, 9.17) is 8.22 Å². The van der Waals surface area contributed by atoms with Crippen molar-refractivity contribution >= 4 is 31.5 Å².